The summed E-state index contributed by atoms with van der Waals surface area (Å²) >= 11 is 1.65. The van der Waals surface area contributed by atoms with E-state index in [0.717, 1.165) is 12.1 Å². The summed E-state index contributed by atoms with van der Waals surface area (Å²) in [4.78, 5) is 12.9. The topological polar surface area (TPSA) is 56.0 Å². The van der Waals surface area contributed by atoms with Gasteiger partial charge in [-0.05, 0) is 9.91 Å². The van der Waals surface area contributed by atoms with Crippen molar-refractivity contribution >= 4 is 28.4 Å². The van der Waals surface area contributed by atoms with E-state index in [-0.39, 0.29) is 9.26 Å². The van der Waals surface area contributed by atoms with Gasteiger partial charge in [-0.3, -0.25) is 0 Å². The molecule has 4 nitrogen and oxygen atoms in total. The zero-order valence-corrected chi connectivity index (χ0v) is 8.23. The third kappa shape index (κ3) is 2.54. The number of nitrogens with zero attached hydrogens (tertiary/aromatic N) is 2. The van der Waals surface area contributed by atoms with Crippen molar-refractivity contribution in [3.05, 3.63) is 31.5 Å². The van der Waals surface area contributed by atoms with Gasteiger partial charge in [0.25, 0.3) is 6.43 Å². The monoisotopic (exact) mass is 300 g/mol. The Morgan fingerprint density at radius 1 is 1.54 bits per heavy atom. The second-order valence-corrected chi connectivity index (χ2v) is 3.24. The summed E-state index contributed by atoms with van der Waals surface area (Å²) in [5.41, 5.74) is -0.383. The van der Waals surface area contributed by atoms with Gasteiger partial charge in [-0.1, -0.05) is 0 Å². The Morgan fingerprint density at radius 3 is 2.62 bits per heavy atom. The predicted octanol–water partition coefficient (Wildman–Crippen LogP) is 2.53. The molecule has 0 bridgehead atoms. The maximum absolute atomic E-state index is 12.1. The predicted molar refractivity (Wildman–Crippen MR) is 48.6 cm³/mol. The molecular formula is C6H3F2IN2O2. The van der Waals surface area contributed by atoms with Crippen molar-refractivity contribution in [2.24, 2.45) is 0 Å². The van der Waals surface area contributed by atoms with E-state index in [1.54, 1.807) is 22.6 Å². The molecule has 1 rings (SSSR count). The molecule has 1 aromatic heterocycles. The molecule has 0 aliphatic rings. The first kappa shape index (κ1) is 10.2. The van der Waals surface area contributed by atoms with Crippen LogP contribution in [0.15, 0.2) is 12.1 Å². The number of nitro groups is 1. The highest BCUT2D eigenvalue weighted by molar-refractivity contribution is 14.1. The molecule has 0 fully saturated rings. The van der Waals surface area contributed by atoms with Crippen LogP contribution in [0.5, 0.6) is 0 Å². The number of halogens is 3. The third-order valence-electron chi connectivity index (χ3n) is 1.24. The van der Waals surface area contributed by atoms with Gasteiger partial charge in [0, 0.05) is 40.3 Å². The lowest BCUT2D eigenvalue weighted by Crippen LogP contribution is -1.96. The number of rotatable bonds is 2. The van der Waals surface area contributed by atoms with Gasteiger partial charge < -0.3 is 10.1 Å². The normalized spacial score (nSPS) is 10.5. The van der Waals surface area contributed by atoms with Crippen LogP contribution in [0.3, 0.4) is 0 Å². The van der Waals surface area contributed by atoms with Gasteiger partial charge in [0.15, 0.2) is 0 Å². The molecule has 13 heavy (non-hydrogen) atoms. The fraction of sp³-hybridized carbons (Fsp3) is 0.167. The lowest BCUT2D eigenvalue weighted by atomic mass is 10.3. The Labute approximate surface area is 85.3 Å². The second-order valence-electron chi connectivity index (χ2n) is 2.14. The van der Waals surface area contributed by atoms with Gasteiger partial charge in [0.2, 0.25) is 3.70 Å². The summed E-state index contributed by atoms with van der Waals surface area (Å²) in [6.07, 6.45) is -2.71. The van der Waals surface area contributed by atoms with Crippen molar-refractivity contribution in [1.82, 2.24) is 4.98 Å². The van der Waals surface area contributed by atoms with Crippen molar-refractivity contribution < 1.29 is 13.7 Å². The van der Waals surface area contributed by atoms with Gasteiger partial charge in [-0.15, -0.1) is 0 Å². The maximum atomic E-state index is 12.1. The molecular weight excluding hydrogens is 297 g/mol. The number of aromatic nitrogens is 1. The van der Waals surface area contributed by atoms with Crippen LogP contribution in [0.2, 0.25) is 0 Å². The van der Waals surface area contributed by atoms with Crippen molar-refractivity contribution in [2.75, 3.05) is 0 Å². The van der Waals surface area contributed by atoms with Crippen molar-refractivity contribution in [3.63, 3.8) is 0 Å². The van der Waals surface area contributed by atoms with E-state index in [9.17, 15) is 18.9 Å². The Hall–Kier alpha value is -0.860. The molecule has 1 aromatic rings. The summed E-state index contributed by atoms with van der Waals surface area (Å²) in [5, 5.41) is 10.2. The van der Waals surface area contributed by atoms with Crippen LogP contribution in [-0.4, -0.2) is 9.91 Å². The minimum Gasteiger partial charge on any atom is -0.358 e. The average molecular weight is 300 g/mol. The Kier molecular flexibility index (Phi) is 3.07. The quantitative estimate of drug-likeness (QED) is 0.365. The lowest BCUT2D eigenvalue weighted by Gasteiger charge is -1.98. The van der Waals surface area contributed by atoms with E-state index in [1.807, 2.05) is 0 Å². The van der Waals surface area contributed by atoms with Crippen LogP contribution in [0.25, 0.3) is 0 Å². The molecule has 0 unspecified atom stereocenters. The molecule has 7 heteroatoms. The molecule has 0 aliphatic carbocycles. The van der Waals surface area contributed by atoms with Crippen molar-refractivity contribution in [3.8, 4) is 0 Å². The molecule has 0 spiro atoms. The van der Waals surface area contributed by atoms with Crippen LogP contribution < -0.4 is 0 Å². The standard InChI is InChI=1S/C6H3F2IN2O2/c7-6(8)3-1-4(9)10-5(2-3)11(12)13/h1-2,6H. The summed E-state index contributed by atoms with van der Waals surface area (Å²) < 4.78 is 24.5. The summed E-state index contributed by atoms with van der Waals surface area (Å²) in [7, 11) is 0. The summed E-state index contributed by atoms with van der Waals surface area (Å²) in [6.45, 7) is 0. The van der Waals surface area contributed by atoms with Crippen LogP contribution in [-0.2, 0) is 0 Å². The van der Waals surface area contributed by atoms with Gasteiger partial charge in [-0.25, -0.2) is 8.78 Å². The Bertz CT molecular complexity index is 345. The largest absolute Gasteiger partial charge is 0.365 e. The number of alkyl halides is 2. The van der Waals surface area contributed by atoms with E-state index in [2.05, 4.69) is 4.98 Å². The van der Waals surface area contributed by atoms with Crippen LogP contribution >= 0.6 is 22.6 Å². The second kappa shape index (κ2) is 3.90. The van der Waals surface area contributed by atoms with Gasteiger partial charge in [-0.2, -0.15) is 0 Å². The molecule has 0 aliphatic heterocycles. The van der Waals surface area contributed by atoms with Gasteiger partial charge in [0.05, 0.1) is 0 Å². The number of hydrogen-bond acceptors (Lipinski definition) is 3. The zero-order valence-electron chi connectivity index (χ0n) is 6.08. The SMILES string of the molecule is O=[N+]([O-])c1cc(C(F)F)cc(I)n1. The van der Waals surface area contributed by atoms with Crippen molar-refractivity contribution in [1.29, 1.82) is 0 Å². The minimum atomic E-state index is -2.71. The van der Waals surface area contributed by atoms with Gasteiger partial charge >= 0.3 is 5.82 Å². The lowest BCUT2D eigenvalue weighted by molar-refractivity contribution is -0.389. The molecule has 1 heterocycles. The first-order valence-corrected chi connectivity index (χ1v) is 4.18. The molecule has 0 amide bonds. The highest BCUT2D eigenvalue weighted by atomic mass is 127. The first-order valence-electron chi connectivity index (χ1n) is 3.10. The summed E-state index contributed by atoms with van der Waals surface area (Å²) in [5.74, 6) is -0.554. The van der Waals surface area contributed by atoms with E-state index in [1.165, 1.54) is 0 Å². The van der Waals surface area contributed by atoms with Gasteiger partial charge in [0.1, 0.15) is 0 Å². The molecule has 0 aromatic carbocycles. The van der Waals surface area contributed by atoms with E-state index < -0.39 is 17.2 Å². The number of pyridine rings is 1. The molecule has 0 radical (unpaired) electrons. The minimum absolute atomic E-state index is 0.183. The van der Waals surface area contributed by atoms with E-state index in [4.69, 9.17) is 0 Å². The molecule has 0 atom stereocenters. The molecule has 0 saturated heterocycles. The average Bonchev–Trinajstić information content (AvgIpc) is 2.03. The van der Waals surface area contributed by atoms with Crippen molar-refractivity contribution in [2.45, 2.75) is 6.43 Å². The van der Waals surface area contributed by atoms with Crippen LogP contribution in [0, 0.1) is 13.8 Å². The molecule has 70 valence electrons. The van der Waals surface area contributed by atoms with E-state index >= 15 is 0 Å². The third-order valence-corrected chi connectivity index (χ3v) is 1.79. The Morgan fingerprint density at radius 2 is 2.15 bits per heavy atom. The highest BCUT2D eigenvalue weighted by Crippen LogP contribution is 2.23. The highest BCUT2D eigenvalue weighted by Gasteiger charge is 2.16. The zero-order chi connectivity index (χ0) is 10.0. The summed E-state index contributed by atoms with van der Waals surface area (Å²) in [6, 6.07) is 1.88. The number of hydrogen-bond donors (Lipinski definition) is 0. The smallest absolute Gasteiger partial charge is 0.358 e. The molecule has 0 N–H and O–H groups in total. The van der Waals surface area contributed by atoms with Crippen LogP contribution in [0.1, 0.15) is 12.0 Å². The first-order chi connectivity index (χ1) is 6.00. The fourth-order valence-corrected chi connectivity index (χ4v) is 1.33. The van der Waals surface area contributed by atoms with E-state index in [0.29, 0.717) is 0 Å². The molecule has 0 saturated carbocycles. The van der Waals surface area contributed by atoms with Crippen LogP contribution in [0.4, 0.5) is 14.6 Å². The maximum Gasteiger partial charge on any atom is 0.365 e. The Balaban J connectivity index is 3.19. The fourth-order valence-electron chi connectivity index (χ4n) is 0.722.